The Kier molecular flexibility index (Phi) is 4.65. The van der Waals surface area contributed by atoms with E-state index in [0.717, 1.165) is 31.4 Å². The molecule has 7 rings (SSSR count). The number of carbonyl (C=O) groups excluding carboxylic acids is 1. The molecule has 1 spiro atoms. The highest BCUT2D eigenvalue weighted by molar-refractivity contribution is 5.75. The Morgan fingerprint density at radius 2 is 2.06 bits per heavy atom. The van der Waals surface area contributed by atoms with Crippen molar-refractivity contribution in [2.45, 2.75) is 56.5 Å². The zero-order valence-electron chi connectivity index (χ0n) is 19.3. The maximum absolute atomic E-state index is 12.9. The molecule has 5 aliphatic rings. The molecule has 12 heteroatoms. The van der Waals surface area contributed by atoms with Crippen LogP contribution in [0.4, 0.5) is 23.8 Å². The lowest BCUT2D eigenvalue weighted by molar-refractivity contribution is -0.274. The van der Waals surface area contributed by atoms with Crippen LogP contribution in [0.15, 0.2) is 18.3 Å². The molecule has 1 unspecified atom stereocenters. The molecule has 6 heterocycles. The SMILES string of the molecule is CC12CC(CNC(=O)N3CCC4(CCn5nc(-c6cnc(N)c(OC(F)(F)F)c6)cc54)C3)(CO1)C2. The molecule has 1 saturated carbocycles. The molecule has 4 fully saturated rings. The van der Waals surface area contributed by atoms with Crippen molar-refractivity contribution in [2.24, 2.45) is 5.41 Å². The molecule has 2 aromatic heterocycles. The number of aromatic nitrogens is 3. The Bertz CT molecular complexity index is 1190. The molecule has 1 aliphatic carbocycles. The first kappa shape index (κ1) is 22.4. The summed E-state index contributed by atoms with van der Waals surface area (Å²) >= 11 is 0. The van der Waals surface area contributed by atoms with Gasteiger partial charge in [-0.15, -0.1) is 13.2 Å². The summed E-state index contributed by atoms with van der Waals surface area (Å²) in [5, 5.41) is 7.71. The van der Waals surface area contributed by atoms with Crippen LogP contribution in [0, 0.1) is 5.41 Å². The zero-order chi connectivity index (χ0) is 24.6. The van der Waals surface area contributed by atoms with Crippen LogP contribution >= 0.6 is 0 Å². The van der Waals surface area contributed by atoms with Gasteiger partial charge in [0.15, 0.2) is 11.6 Å². The number of carbonyl (C=O) groups is 1. The van der Waals surface area contributed by atoms with Crippen LogP contribution in [0.5, 0.6) is 5.75 Å². The summed E-state index contributed by atoms with van der Waals surface area (Å²) in [6.45, 7) is 5.34. The quantitative estimate of drug-likeness (QED) is 0.680. The number of nitrogens with two attached hydrogens (primary N) is 1. The van der Waals surface area contributed by atoms with E-state index < -0.39 is 12.1 Å². The topological polar surface area (TPSA) is 108 Å². The van der Waals surface area contributed by atoms with E-state index in [9.17, 15) is 18.0 Å². The van der Waals surface area contributed by atoms with Gasteiger partial charge in [-0.05, 0) is 44.7 Å². The van der Waals surface area contributed by atoms with Gasteiger partial charge in [0, 0.05) is 54.5 Å². The number of anilines is 1. The monoisotopic (exact) mass is 492 g/mol. The number of aryl methyl sites for hydroxylation is 1. The fourth-order valence-corrected chi connectivity index (χ4v) is 6.48. The highest BCUT2D eigenvalue weighted by Gasteiger charge is 2.59. The number of halogens is 3. The molecule has 2 bridgehead atoms. The lowest BCUT2D eigenvalue weighted by Crippen LogP contribution is -2.51. The Labute approximate surface area is 199 Å². The minimum absolute atomic E-state index is 0.0119. The zero-order valence-corrected chi connectivity index (χ0v) is 19.3. The predicted octanol–water partition coefficient (Wildman–Crippen LogP) is 3.05. The largest absolute Gasteiger partial charge is 0.573 e. The third-order valence-electron chi connectivity index (χ3n) is 8.01. The number of hydrogen-bond donors (Lipinski definition) is 2. The van der Waals surface area contributed by atoms with E-state index in [-0.39, 0.29) is 28.3 Å². The van der Waals surface area contributed by atoms with E-state index in [1.54, 1.807) is 0 Å². The Morgan fingerprint density at radius 1 is 1.29 bits per heavy atom. The van der Waals surface area contributed by atoms with E-state index in [0.29, 0.717) is 44.0 Å². The van der Waals surface area contributed by atoms with E-state index in [4.69, 9.17) is 10.5 Å². The summed E-state index contributed by atoms with van der Waals surface area (Å²) in [6, 6.07) is 3.02. The van der Waals surface area contributed by atoms with Gasteiger partial charge in [0.2, 0.25) is 0 Å². The van der Waals surface area contributed by atoms with Gasteiger partial charge >= 0.3 is 12.4 Å². The highest BCUT2D eigenvalue weighted by Crippen LogP contribution is 2.57. The van der Waals surface area contributed by atoms with E-state index in [1.807, 2.05) is 15.6 Å². The Balaban J connectivity index is 1.16. The lowest BCUT2D eigenvalue weighted by atomic mass is 9.63. The minimum Gasteiger partial charge on any atom is -0.402 e. The summed E-state index contributed by atoms with van der Waals surface area (Å²) in [4.78, 5) is 18.6. The third-order valence-corrected chi connectivity index (χ3v) is 8.01. The van der Waals surface area contributed by atoms with E-state index >= 15 is 0 Å². The van der Waals surface area contributed by atoms with Crippen LogP contribution in [0.2, 0.25) is 0 Å². The van der Waals surface area contributed by atoms with Gasteiger partial charge in [-0.2, -0.15) is 5.10 Å². The van der Waals surface area contributed by atoms with E-state index in [2.05, 4.69) is 27.1 Å². The minimum atomic E-state index is -4.87. The van der Waals surface area contributed by atoms with Crippen molar-refractivity contribution in [1.29, 1.82) is 0 Å². The van der Waals surface area contributed by atoms with Gasteiger partial charge in [0.05, 0.1) is 17.9 Å². The van der Waals surface area contributed by atoms with Crippen LogP contribution in [-0.2, 0) is 16.7 Å². The van der Waals surface area contributed by atoms with Gasteiger partial charge < -0.3 is 25.4 Å². The molecule has 2 aromatic rings. The predicted molar refractivity (Wildman–Crippen MR) is 118 cm³/mol. The molecule has 3 saturated heterocycles. The number of urea groups is 1. The molecule has 0 aromatic carbocycles. The second-order valence-electron chi connectivity index (χ2n) is 10.7. The molecule has 2 amide bonds. The first-order valence-corrected chi connectivity index (χ1v) is 11.7. The average Bonchev–Trinajstić information content (AvgIpc) is 3.55. The first-order valence-electron chi connectivity index (χ1n) is 11.7. The molecular weight excluding hydrogens is 465 g/mol. The van der Waals surface area contributed by atoms with Crippen molar-refractivity contribution in [1.82, 2.24) is 25.0 Å². The number of pyridine rings is 1. The summed E-state index contributed by atoms with van der Waals surface area (Å²) in [5.41, 5.74) is 7.25. The lowest BCUT2D eigenvalue weighted by Gasteiger charge is -2.42. The van der Waals surface area contributed by atoms with Crippen LogP contribution in [0.25, 0.3) is 11.3 Å². The number of nitrogens with zero attached hydrogens (tertiary/aromatic N) is 4. The number of amides is 2. The summed E-state index contributed by atoms with van der Waals surface area (Å²) in [7, 11) is 0. The normalized spacial score (nSPS) is 31.0. The number of likely N-dealkylation sites (tertiary alicyclic amines) is 1. The van der Waals surface area contributed by atoms with Crippen molar-refractivity contribution in [3.8, 4) is 17.0 Å². The van der Waals surface area contributed by atoms with Gasteiger partial charge in [-0.3, -0.25) is 4.68 Å². The average molecular weight is 493 g/mol. The van der Waals surface area contributed by atoms with Gasteiger partial charge in [0.1, 0.15) is 0 Å². The molecule has 35 heavy (non-hydrogen) atoms. The van der Waals surface area contributed by atoms with Crippen molar-refractivity contribution >= 4 is 11.8 Å². The van der Waals surface area contributed by atoms with Crippen LogP contribution in [0.3, 0.4) is 0 Å². The number of nitrogens with one attached hydrogen (secondary N) is 1. The van der Waals surface area contributed by atoms with Crippen LogP contribution in [-0.4, -0.2) is 63.9 Å². The number of ether oxygens (including phenoxy) is 2. The van der Waals surface area contributed by atoms with Crippen LogP contribution in [0.1, 0.15) is 38.3 Å². The third kappa shape index (κ3) is 3.78. The molecule has 1 atom stereocenters. The maximum Gasteiger partial charge on any atom is 0.573 e. The summed E-state index contributed by atoms with van der Waals surface area (Å²) < 4.78 is 49.8. The van der Waals surface area contributed by atoms with Gasteiger partial charge in [0.25, 0.3) is 0 Å². The Hall–Kier alpha value is -3.02. The Morgan fingerprint density at radius 3 is 2.77 bits per heavy atom. The van der Waals surface area contributed by atoms with Gasteiger partial charge in [-0.1, -0.05) is 0 Å². The second-order valence-corrected chi connectivity index (χ2v) is 10.7. The van der Waals surface area contributed by atoms with Crippen molar-refractivity contribution < 1.29 is 27.4 Å². The molecule has 0 radical (unpaired) electrons. The molecule has 9 nitrogen and oxygen atoms in total. The van der Waals surface area contributed by atoms with Crippen molar-refractivity contribution in [3.63, 3.8) is 0 Å². The standard InChI is InChI=1S/C23H27F3N6O3/c1-20-9-21(10-20,13-34-20)11-29-19(33)31-4-2-22(12-31)3-5-32-17(22)7-15(30-32)14-6-16(18(27)28-8-14)35-23(24,25)26/h6-8H,2-5,9-13H2,1H3,(H2,27,28)(H,29,33). The number of alkyl halides is 3. The number of fused-ring (bicyclic) bond motifs is 3. The highest BCUT2D eigenvalue weighted by atomic mass is 19.4. The fourth-order valence-electron chi connectivity index (χ4n) is 6.48. The van der Waals surface area contributed by atoms with E-state index in [1.165, 1.54) is 12.3 Å². The first-order chi connectivity index (χ1) is 16.5. The summed E-state index contributed by atoms with van der Waals surface area (Å²) in [5.74, 6) is -0.900. The second kappa shape index (κ2) is 7.25. The van der Waals surface area contributed by atoms with Crippen molar-refractivity contribution in [3.05, 3.63) is 24.0 Å². The number of rotatable bonds is 4. The molecule has 4 aliphatic heterocycles. The maximum atomic E-state index is 12.9. The summed E-state index contributed by atoms with van der Waals surface area (Å²) in [6.07, 6.45) is 0.155. The number of nitrogen functional groups attached to an aromatic ring is 1. The molecule has 3 N–H and O–H groups in total. The van der Waals surface area contributed by atoms with Gasteiger partial charge in [-0.25, -0.2) is 9.78 Å². The van der Waals surface area contributed by atoms with Crippen molar-refractivity contribution in [2.75, 3.05) is 32.0 Å². The molecule has 188 valence electrons. The number of hydrogen-bond acceptors (Lipinski definition) is 6. The van der Waals surface area contributed by atoms with Crippen LogP contribution < -0.4 is 15.8 Å². The molecular formula is C23H27F3N6O3. The fraction of sp³-hybridized carbons (Fsp3) is 0.609. The smallest absolute Gasteiger partial charge is 0.402 e.